The van der Waals surface area contributed by atoms with E-state index in [0.717, 1.165) is 17.7 Å². The van der Waals surface area contributed by atoms with Gasteiger partial charge in [-0.1, -0.05) is 48.5 Å². The number of alkyl halides is 1. The molecule has 0 fully saturated rings. The van der Waals surface area contributed by atoms with E-state index in [-0.39, 0.29) is 11.9 Å². The van der Waals surface area contributed by atoms with E-state index in [1.54, 1.807) is 0 Å². The van der Waals surface area contributed by atoms with Gasteiger partial charge in [0, 0.05) is 10.6 Å². The van der Waals surface area contributed by atoms with Gasteiger partial charge < -0.3 is 5.32 Å². The zero-order valence-electron chi connectivity index (χ0n) is 11.5. The maximum atomic E-state index is 12.4. The summed E-state index contributed by atoms with van der Waals surface area (Å²) in [5.41, 5.74) is 2.02. The molecule has 0 aliphatic carbocycles. The smallest absolute Gasteiger partial charge is 0.243 e. The van der Waals surface area contributed by atoms with Crippen LogP contribution in [-0.2, 0) is 4.79 Å². The largest absolute Gasteiger partial charge is 0.348 e. The lowest BCUT2D eigenvalue weighted by atomic mass is 10.0. The average Bonchev–Trinajstić information content (AvgIpc) is 2.55. The minimum Gasteiger partial charge on any atom is -0.348 e. The van der Waals surface area contributed by atoms with Crippen molar-refractivity contribution in [2.75, 3.05) is 5.75 Å². The van der Waals surface area contributed by atoms with E-state index in [4.69, 9.17) is 11.6 Å². The number of hydrogen-bond acceptors (Lipinski definition) is 2. The maximum absolute atomic E-state index is 12.4. The van der Waals surface area contributed by atoms with Gasteiger partial charge in [-0.2, -0.15) is 0 Å². The fraction of sp³-hybridized carbons (Fsp3) is 0.235. The fourth-order valence-electron chi connectivity index (χ4n) is 2.51. The lowest BCUT2D eigenvalue weighted by Crippen LogP contribution is -2.32. The molecule has 0 spiro atoms. The van der Waals surface area contributed by atoms with Crippen LogP contribution in [0.3, 0.4) is 0 Å². The van der Waals surface area contributed by atoms with Crippen LogP contribution in [0.1, 0.15) is 29.0 Å². The summed E-state index contributed by atoms with van der Waals surface area (Å²) in [6.07, 6.45) is 0.936. The van der Waals surface area contributed by atoms with Gasteiger partial charge in [-0.05, 0) is 23.6 Å². The minimum absolute atomic E-state index is 0.0555. The van der Waals surface area contributed by atoms with Crippen LogP contribution in [0.2, 0.25) is 0 Å². The van der Waals surface area contributed by atoms with Crippen LogP contribution >= 0.6 is 23.4 Å². The second kappa shape index (κ2) is 6.54. The molecule has 1 N–H and O–H groups in total. The molecule has 1 amide bonds. The van der Waals surface area contributed by atoms with E-state index in [1.807, 2.05) is 54.2 Å². The molecular weight excluding hydrogens is 302 g/mol. The second-order valence-corrected chi connectivity index (χ2v) is 6.58. The summed E-state index contributed by atoms with van der Waals surface area (Å²) in [6, 6.07) is 17.7. The highest BCUT2D eigenvalue weighted by molar-refractivity contribution is 7.99. The van der Waals surface area contributed by atoms with Crippen molar-refractivity contribution in [2.24, 2.45) is 0 Å². The zero-order chi connectivity index (χ0) is 14.7. The number of thioether (sulfide) groups is 1. The van der Waals surface area contributed by atoms with Crippen molar-refractivity contribution < 1.29 is 4.79 Å². The summed E-state index contributed by atoms with van der Waals surface area (Å²) in [6.45, 7) is 0. The molecule has 0 bridgehead atoms. The first-order valence-corrected chi connectivity index (χ1v) is 8.39. The molecule has 4 heteroatoms. The minimum atomic E-state index is -0.645. The van der Waals surface area contributed by atoms with Crippen molar-refractivity contribution in [3.05, 3.63) is 65.7 Å². The lowest BCUT2D eigenvalue weighted by Gasteiger charge is -2.26. The Morgan fingerprint density at radius 2 is 1.86 bits per heavy atom. The summed E-state index contributed by atoms with van der Waals surface area (Å²) >= 11 is 8.13. The summed E-state index contributed by atoms with van der Waals surface area (Å²) < 4.78 is 0. The van der Waals surface area contributed by atoms with Crippen LogP contribution < -0.4 is 5.32 Å². The van der Waals surface area contributed by atoms with Gasteiger partial charge in [0.1, 0.15) is 5.38 Å². The molecule has 2 unspecified atom stereocenters. The molecule has 1 aliphatic heterocycles. The second-order valence-electron chi connectivity index (χ2n) is 5.01. The molecule has 3 rings (SSSR count). The summed E-state index contributed by atoms with van der Waals surface area (Å²) in [5.74, 6) is 0.884. The van der Waals surface area contributed by atoms with Gasteiger partial charge in [0.05, 0.1) is 6.04 Å². The highest BCUT2D eigenvalue weighted by Gasteiger charge is 2.25. The molecule has 0 saturated carbocycles. The highest BCUT2D eigenvalue weighted by Crippen LogP contribution is 2.36. The van der Waals surface area contributed by atoms with Crippen molar-refractivity contribution in [3.8, 4) is 0 Å². The van der Waals surface area contributed by atoms with Gasteiger partial charge >= 0.3 is 0 Å². The van der Waals surface area contributed by atoms with Crippen LogP contribution in [0.15, 0.2) is 59.5 Å². The first-order chi connectivity index (χ1) is 10.3. The SMILES string of the molecule is O=C(NC1CCSc2ccccc21)C(Cl)c1ccccc1. The van der Waals surface area contributed by atoms with Crippen LogP contribution in [0.5, 0.6) is 0 Å². The summed E-state index contributed by atoms with van der Waals surface area (Å²) in [7, 11) is 0. The Morgan fingerprint density at radius 1 is 1.14 bits per heavy atom. The van der Waals surface area contributed by atoms with Crippen LogP contribution in [-0.4, -0.2) is 11.7 Å². The fourth-order valence-corrected chi connectivity index (χ4v) is 3.84. The van der Waals surface area contributed by atoms with Gasteiger partial charge in [0.15, 0.2) is 0 Å². The molecule has 2 atom stereocenters. The van der Waals surface area contributed by atoms with E-state index in [0.29, 0.717) is 0 Å². The number of nitrogens with one attached hydrogen (secondary N) is 1. The van der Waals surface area contributed by atoms with Crippen molar-refractivity contribution in [1.29, 1.82) is 0 Å². The lowest BCUT2D eigenvalue weighted by molar-refractivity contribution is -0.121. The third kappa shape index (κ3) is 3.25. The molecular formula is C17H16ClNOS. The Labute approximate surface area is 133 Å². The van der Waals surface area contributed by atoms with Gasteiger partial charge in [-0.25, -0.2) is 0 Å². The van der Waals surface area contributed by atoms with Crippen molar-refractivity contribution in [2.45, 2.75) is 22.7 Å². The number of halogens is 1. The van der Waals surface area contributed by atoms with Crippen molar-refractivity contribution in [3.63, 3.8) is 0 Å². The molecule has 1 heterocycles. The Balaban J connectivity index is 1.74. The Bertz CT molecular complexity index is 632. The molecule has 2 aromatic carbocycles. The number of amides is 1. The molecule has 1 aliphatic rings. The number of carbonyl (C=O) groups excluding carboxylic acids is 1. The summed E-state index contributed by atoms with van der Waals surface area (Å²) in [5, 5.41) is 2.44. The molecule has 108 valence electrons. The normalized spacial score (nSPS) is 18.6. The Kier molecular flexibility index (Phi) is 4.51. The van der Waals surface area contributed by atoms with Gasteiger partial charge in [0.25, 0.3) is 0 Å². The van der Waals surface area contributed by atoms with E-state index in [1.165, 1.54) is 10.5 Å². The van der Waals surface area contributed by atoms with Crippen LogP contribution in [0, 0.1) is 0 Å². The topological polar surface area (TPSA) is 29.1 Å². The van der Waals surface area contributed by atoms with Crippen LogP contribution in [0.4, 0.5) is 0 Å². The first-order valence-electron chi connectivity index (χ1n) is 6.97. The van der Waals surface area contributed by atoms with Crippen molar-refractivity contribution >= 4 is 29.3 Å². The van der Waals surface area contributed by atoms with E-state index >= 15 is 0 Å². The highest BCUT2D eigenvalue weighted by atomic mass is 35.5. The molecule has 0 radical (unpaired) electrons. The first kappa shape index (κ1) is 14.5. The number of rotatable bonds is 3. The predicted molar refractivity (Wildman–Crippen MR) is 87.7 cm³/mol. The number of benzene rings is 2. The molecule has 0 aromatic heterocycles. The van der Waals surface area contributed by atoms with Crippen molar-refractivity contribution in [1.82, 2.24) is 5.32 Å². The number of hydrogen-bond donors (Lipinski definition) is 1. The Hall–Kier alpha value is -1.45. The molecule has 21 heavy (non-hydrogen) atoms. The predicted octanol–water partition coefficient (Wildman–Crippen LogP) is 4.32. The van der Waals surface area contributed by atoms with Gasteiger partial charge in [-0.15, -0.1) is 23.4 Å². The Morgan fingerprint density at radius 3 is 2.67 bits per heavy atom. The third-order valence-corrected chi connectivity index (χ3v) is 5.17. The zero-order valence-corrected chi connectivity index (χ0v) is 13.0. The average molecular weight is 318 g/mol. The monoisotopic (exact) mass is 317 g/mol. The van der Waals surface area contributed by atoms with Gasteiger partial charge in [0.2, 0.25) is 5.91 Å². The molecule has 2 aromatic rings. The van der Waals surface area contributed by atoms with E-state index in [9.17, 15) is 4.79 Å². The van der Waals surface area contributed by atoms with E-state index < -0.39 is 5.38 Å². The third-order valence-electron chi connectivity index (χ3n) is 3.60. The quantitative estimate of drug-likeness (QED) is 0.854. The number of fused-ring (bicyclic) bond motifs is 1. The van der Waals surface area contributed by atoms with E-state index in [2.05, 4.69) is 17.4 Å². The molecule has 2 nitrogen and oxygen atoms in total. The standard InChI is InChI=1S/C17H16ClNOS/c18-16(12-6-2-1-3-7-12)17(20)19-14-10-11-21-15-9-5-4-8-13(14)15/h1-9,14,16H,10-11H2,(H,19,20). The maximum Gasteiger partial charge on any atom is 0.243 e. The van der Waals surface area contributed by atoms with Gasteiger partial charge in [-0.3, -0.25) is 4.79 Å². The van der Waals surface area contributed by atoms with Crippen LogP contribution in [0.25, 0.3) is 0 Å². The summed E-state index contributed by atoms with van der Waals surface area (Å²) in [4.78, 5) is 13.6. The molecule has 0 saturated heterocycles. The number of carbonyl (C=O) groups is 1.